The Morgan fingerprint density at radius 1 is 1.25 bits per heavy atom. The lowest BCUT2D eigenvalue weighted by Crippen LogP contribution is -2.55. The predicted octanol–water partition coefficient (Wildman–Crippen LogP) is 2.92. The summed E-state index contributed by atoms with van der Waals surface area (Å²) in [5.74, 6) is -0.408. The van der Waals surface area contributed by atoms with Crippen LogP contribution in [0.5, 0.6) is 0 Å². The summed E-state index contributed by atoms with van der Waals surface area (Å²) in [7, 11) is 0. The van der Waals surface area contributed by atoms with E-state index in [1.54, 1.807) is 30.3 Å². The van der Waals surface area contributed by atoms with E-state index in [0.717, 1.165) is 0 Å². The minimum Gasteiger partial charge on any atom is -0.273 e. The molecule has 0 saturated carbocycles. The van der Waals surface area contributed by atoms with Crippen molar-refractivity contribution in [1.29, 1.82) is 0 Å². The molecule has 0 saturated heterocycles. The van der Waals surface area contributed by atoms with Gasteiger partial charge in [-0.3, -0.25) is 15.0 Å². The van der Waals surface area contributed by atoms with Crippen molar-refractivity contribution in [2.45, 2.75) is 39.2 Å². The van der Waals surface area contributed by atoms with Crippen LogP contribution in [0.4, 0.5) is 0 Å². The summed E-state index contributed by atoms with van der Waals surface area (Å²) in [6.07, 6.45) is 2.58. The van der Waals surface area contributed by atoms with Crippen molar-refractivity contribution in [3.63, 3.8) is 0 Å². The van der Waals surface area contributed by atoms with Crippen LogP contribution >= 0.6 is 0 Å². The SMILES string of the molecule is C=CCCC(=O)NN(C(=O)c1ccccc1)C(C)(C)C. The summed E-state index contributed by atoms with van der Waals surface area (Å²) in [5, 5.41) is 1.38. The molecule has 0 radical (unpaired) electrons. The van der Waals surface area contributed by atoms with E-state index in [2.05, 4.69) is 12.0 Å². The van der Waals surface area contributed by atoms with E-state index in [1.807, 2.05) is 26.8 Å². The minimum atomic E-state index is -0.503. The lowest BCUT2D eigenvalue weighted by atomic mass is 10.1. The Morgan fingerprint density at radius 2 is 1.85 bits per heavy atom. The van der Waals surface area contributed by atoms with Gasteiger partial charge in [-0.2, -0.15) is 0 Å². The highest BCUT2D eigenvalue weighted by molar-refractivity contribution is 5.95. The van der Waals surface area contributed by atoms with Crippen molar-refractivity contribution >= 4 is 11.8 Å². The Morgan fingerprint density at radius 3 is 2.35 bits per heavy atom. The van der Waals surface area contributed by atoms with Gasteiger partial charge in [-0.05, 0) is 39.3 Å². The van der Waals surface area contributed by atoms with Crippen molar-refractivity contribution < 1.29 is 9.59 Å². The van der Waals surface area contributed by atoms with E-state index in [9.17, 15) is 9.59 Å². The summed E-state index contributed by atoms with van der Waals surface area (Å²) < 4.78 is 0. The topological polar surface area (TPSA) is 49.4 Å². The molecule has 20 heavy (non-hydrogen) atoms. The molecule has 1 N–H and O–H groups in total. The summed E-state index contributed by atoms with van der Waals surface area (Å²) >= 11 is 0. The Hall–Kier alpha value is -2.10. The zero-order valence-electron chi connectivity index (χ0n) is 12.3. The zero-order chi connectivity index (χ0) is 15.2. The Kier molecular flexibility index (Phi) is 5.50. The van der Waals surface area contributed by atoms with Crippen LogP contribution in [0.1, 0.15) is 44.0 Å². The average Bonchev–Trinajstić information content (AvgIpc) is 2.41. The van der Waals surface area contributed by atoms with Gasteiger partial charge in [0, 0.05) is 12.0 Å². The number of hydrazine groups is 1. The van der Waals surface area contributed by atoms with Gasteiger partial charge >= 0.3 is 0 Å². The molecule has 0 aromatic heterocycles. The normalized spacial score (nSPS) is 10.8. The second kappa shape index (κ2) is 6.89. The largest absolute Gasteiger partial charge is 0.273 e. The molecule has 0 aliphatic carbocycles. The molecule has 2 amide bonds. The molecule has 0 unspecified atom stereocenters. The molecule has 0 heterocycles. The first-order chi connectivity index (χ1) is 9.36. The average molecular weight is 274 g/mol. The van der Waals surface area contributed by atoms with Gasteiger partial charge in [0.05, 0.1) is 5.54 Å². The van der Waals surface area contributed by atoms with Crippen LogP contribution in [0.3, 0.4) is 0 Å². The molecule has 0 fully saturated rings. The molecule has 1 aromatic carbocycles. The van der Waals surface area contributed by atoms with Crippen molar-refractivity contribution in [2.24, 2.45) is 0 Å². The highest BCUT2D eigenvalue weighted by Gasteiger charge is 2.28. The number of allylic oxidation sites excluding steroid dienone is 1. The fourth-order valence-electron chi connectivity index (χ4n) is 1.65. The number of nitrogens with zero attached hydrogens (tertiary/aromatic N) is 1. The number of nitrogens with one attached hydrogen (secondary N) is 1. The maximum Gasteiger partial charge on any atom is 0.272 e. The van der Waals surface area contributed by atoms with Crippen LogP contribution in [0.15, 0.2) is 43.0 Å². The summed E-state index contributed by atoms with van der Waals surface area (Å²) in [6, 6.07) is 8.91. The molecule has 0 bridgehead atoms. The van der Waals surface area contributed by atoms with Crippen molar-refractivity contribution in [3.8, 4) is 0 Å². The van der Waals surface area contributed by atoms with Gasteiger partial charge < -0.3 is 0 Å². The van der Waals surface area contributed by atoms with E-state index in [-0.39, 0.29) is 11.8 Å². The highest BCUT2D eigenvalue weighted by atomic mass is 16.2. The van der Waals surface area contributed by atoms with Gasteiger partial charge in [0.1, 0.15) is 0 Å². The molecule has 1 aromatic rings. The number of hydrogen-bond acceptors (Lipinski definition) is 2. The highest BCUT2D eigenvalue weighted by Crippen LogP contribution is 2.15. The molecule has 4 heteroatoms. The zero-order valence-corrected chi connectivity index (χ0v) is 12.3. The number of carbonyl (C=O) groups is 2. The molecular weight excluding hydrogens is 252 g/mol. The molecule has 0 atom stereocenters. The van der Waals surface area contributed by atoms with Crippen molar-refractivity contribution in [2.75, 3.05) is 0 Å². The molecule has 108 valence electrons. The third-order valence-corrected chi connectivity index (χ3v) is 2.71. The van der Waals surface area contributed by atoms with Crippen LogP contribution in [0, 0.1) is 0 Å². The molecule has 0 aliphatic heterocycles. The Labute approximate surface area is 120 Å². The number of amides is 2. The lowest BCUT2D eigenvalue weighted by molar-refractivity contribution is -0.126. The van der Waals surface area contributed by atoms with E-state index >= 15 is 0 Å². The molecular formula is C16H22N2O2. The van der Waals surface area contributed by atoms with Crippen LogP contribution in [-0.4, -0.2) is 22.4 Å². The van der Waals surface area contributed by atoms with Gasteiger partial charge in [0.25, 0.3) is 5.91 Å². The number of benzene rings is 1. The second-order valence-corrected chi connectivity index (χ2v) is 5.54. The first-order valence-electron chi connectivity index (χ1n) is 6.66. The van der Waals surface area contributed by atoms with Crippen LogP contribution in [-0.2, 0) is 4.79 Å². The number of rotatable bonds is 4. The van der Waals surface area contributed by atoms with Crippen molar-refractivity contribution in [3.05, 3.63) is 48.6 Å². The molecule has 1 rings (SSSR count). The Balaban J connectivity index is 2.88. The predicted molar refractivity (Wildman–Crippen MR) is 79.9 cm³/mol. The fourth-order valence-corrected chi connectivity index (χ4v) is 1.65. The first kappa shape index (κ1) is 16.0. The van der Waals surface area contributed by atoms with Gasteiger partial charge in [-0.25, -0.2) is 5.01 Å². The van der Waals surface area contributed by atoms with Gasteiger partial charge in [0.2, 0.25) is 5.91 Å². The van der Waals surface area contributed by atoms with Crippen LogP contribution in [0.25, 0.3) is 0 Å². The lowest BCUT2D eigenvalue weighted by Gasteiger charge is -2.35. The summed E-state index contributed by atoms with van der Waals surface area (Å²) in [6.45, 7) is 9.21. The minimum absolute atomic E-state index is 0.191. The number of hydrogen-bond donors (Lipinski definition) is 1. The quantitative estimate of drug-likeness (QED) is 0.678. The maximum absolute atomic E-state index is 12.5. The third-order valence-electron chi connectivity index (χ3n) is 2.71. The van der Waals surface area contributed by atoms with E-state index < -0.39 is 5.54 Å². The molecule has 0 spiro atoms. The maximum atomic E-state index is 12.5. The monoisotopic (exact) mass is 274 g/mol. The first-order valence-corrected chi connectivity index (χ1v) is 6.66. The van der Waals surface area contributed by atoms with Gasteiger partial charge in [-0.1, -0.05) is 24.3 Å². The van der Waals surface area contributed by atoms with Crippen LogP contribution < -0.4 is 5.43 Å². The Bertz CT molecular complexity index is 475. The summed E-state index contributed by atoms with van der Waals surface area (Å²) in [4.78, 5) is 24.3. The number of carbonyl (C=O) groups excluding carboxylic acids is 2. The third kappa shape index (κ3) is 4.53. The van der Waals surface area contributed by atoms with Crippen LogP contribution in [0.2, 0.25) is 0 Å². The van der Waals surface area contributed by atoms with E-state index in [0.29, 0.717) is 18.4 Å². The van der Waals surface area contributed by atoms with E-state index in [4.69, 9.17) is 0 Å². The van der Waals surface area contributed by atoms with Gasteiger partial charge in [0.15, 0.2) is 0 Å². The van der Waals surface area contributed by atoms with E-state index in [1.165, 1.54) is 5.01 Å². The smallest absolute Gasteiger partial charge is 0.272 e. The molecule has 0 aliphatic rings. The standard InChI is InChI=1S/C16H22N2O2/c1-5-6-12-14(19)17-18(16(2,3)4)15(20)13-10-8-7-9-11-13/h5,7-11H,1,6,12H2,2-4H3,(H,17,19). The second-order valence-electron chi connectivity index (χ2n) is 5.54. The molecule has 4 nitrogen and oxygen atoms in total. The van der Waals surface area contributed by atoms with Gasteiger partial charge in [-0.15, -0.1) is 6.58 Å². The van der Waals surface area contributed by atoms with Crippen molar-refractivity contribution in [1.82, 2.24) is 10.4 Å². The summed E-state index contributed by atoms with van der Waals surface area (Å²) in [5.41, 5.74) is 2.73. The fraction of sp³-hybridized carbons (Fsp3) is 0.375.